The van der Waals surface area contributed by atoms with Gasteiger partial charge in [0.2, 0.25) is 0 Å². The standard InChI is InChI=1S/C18H22BrN/c1-4-14-7-9-15(10-8-14)17(5-2)20-18-11-6-13(3)12-16(18)19/h6-12,17,20H,4-5H2,1-3H3. The molecule has 20 heavy (non-hydrogen) atoms. The van der Waals surface area contributed by atoms with Crippen molar-refractivity contribution in [2.45, 2.75) is 39.7 Å². The zero-order chi connectivity index (χ0) is 14.5. The van der Waals surface area contributed by atoms with E-state index in [0.29, 0.717) is 6.04 Å². The van der Waals surface area contributed by atoms with Gasteiger partial charge in [0.15, 0.2) is 0 Å². The van der Waals surface area contributed by atoms with E-state index in [0.717, 1.165) is 23.0 Å². The van der Waals surface area contributed by atoms with Crippen LogP contribution in [0, 0.1) is 6.92 Å². The first-order valence-electron chi connectivity index (χ1n) is 7.25. The molecular formula is C18H22BrN. The quantitative estimate of drug-likeness (QED) is 0.720. The molecule has 0 heterocycles. The molecule has 0 aliphatic carbocycles. The molecule has 0 saturated carbocycles. The average molecular weight is 332 g/mol. The SMILES string of the molecule is CCc1ccc(C(CC)Nc2ccc(C)cc2Br)cc1. The molecule has 2 rings (SSSR count). The molecule has 106 valence electrons. The number of nitrogens with one attached hydrogen (secondary N) is 1. The molecule has 0 radical (unpaired) electrons. The van der Waals surface area contributed by atoms with Gasteiger partial charge in [-0.15, -0.1) is 0 Å². The van der Waals surface area contributed by atoms with Crippen LogP contribution in [0.1, 0.15) is 43.0 Å². The van der Waals surface area contributed by atoms with E-state index in [-0.39, 0.29) is 0 Å². The van der Waals surface area contributed by atoms with Crippen molar-refractivity contribution in [3.8, 4) is 0 Å². The Balaban J connectivity index is 2.19. The highest BCUT2D eigenvalue weighted by molar-refractivity contribution is 9.10. The van der Waals surface area contributed by atoms with Crippen molar-refractivity contribution in [2.24, 2.45) is 0 Å². The molecule has 0 amide bonds. The molecule has 1 atom stereocenters. The van der Waals surface area contributed by atoms with Gasteiger partial charge in [-0.3, -0.25) is 0 Å². The molecule has 2 aromatic carbocycles. The Morgan fingerprint density at radius 1 is 1.05 bits per heavy atom. The van der Waals surface area contributed by atoms with Crippen LogP contribution in [0.3, 0.4) is 0 Å². The highest BCUT2D eigenvalue weighted by atomic mass is 79.9. The minimum Gasteiger partial charge on any atom is -0.377 e. The van der Waals surface area contributed by atoms with E-state index in [2.05, 4.69) is 84.5 Å². The first-order valence-corrected chi connectivity index (χ1v) is 8.04. The molecule has 0 aliphatic heterocycles. The maximum atomic E-state index is 3.64. The molecule has 1 unspecified atom stereocenters. The lowest BCUT2D eigenvalue weighted by molar-refractivity contribution is 0.748. The Morgan fingerprint density at radius 2 is 1.75 bits per heavy atom. The zero-order valence-corrected chi connectivity index (χ0v) is 14.0. The summed E-state index contributed by atoms with van der Waals surface area (Å²) in [6.07, 6.45) is 2.15. The molecule has 2 aromatic rings. The Bertz CT molecular complexity index is 560. The number of benzene rings is 2. The van der Waals surface area contributed by atoms with Crippen molar-refractivity contribution in [3.63, 3.8) is 0 Å². The fourth-order valence-corrected chi connectivity index (χ4v) is 2.94. The van der Waals surface area contributed by atoms with E-state index in [4.69, 9.17) is 0 Å². The Morgan fingerprint density at radius 3 is 2.30 bits per heavy atom. The molecule has 0 fully saturated rings. The van der Waals surface area contributed by atoms with Gasteiger partial charge in [0.05, 0.1) is 6.04 Å². The summed E-state index contributed by atoms with van der Waals surface area (Å²) in [4.78, 5) is 0. The molecular weight excluding hydrogens is 310 g/mol. The second-order valence-electron chi connectivity index (χ2n) is 5.18. The predicted octanol–water partition coefficient (Wildman–Crippen LogP) is 5.88. The average Bonchev–Trinajstić information content (AvgIpc) is 2.47. The number of rotatable bonds is 5. The smallest absolute Gasteiger partial charge is 0.0511 e. The fourth-order valence-electron chi connectivity index (χ4n) is 2.33. The van der Waals surface area contributed by atoms with Gasteiger partial charge in [-0.25, -0.2) is 0 Å². The fraction of sp³-hybridized carbons (Fsp3) is 0.333. The summed E-state index contributed by atoms with van der Waals surface area (Å²) >= 11 is 3.64. The summed E-state index contributed by atoms with van der Waals surface area (Å²) in [6.45, 7) is 6.51. The summed E-state index contributed by atoms with van der Waals surface area (Å²) in [5.41, 5.74) is 5.15. The lowest BCUT2D eigenvalue weighted by Gasteiger charge is -2.20. The van der Waals surface area contributed by atoms with Gasteiger partial charge in [0, 0.05) is 10.2 Å². The third-order valence-corrected chi connectivity index (χ3v) is 4.31. The molecule has 0 aromatic heterocycles. The highest BCUT2D eigenvalue weighted by Crippen LogP contribution is 2.29. The maximum absolute atomic E-state index is 3.64. The van der Waals surface area contributed by atoms with Gasteiger partial charge in [0.25, 0.3) is 0 Å². The predicted molar refractivity (Wildman–Crippen MR) is 91.4 cm³/mol. The first-order chi connectivity index (χ1) is 9.63. The van der Waals surface area contributed by atoms with E-state index >= 15 is 0 Å². The van der Waals surface area contributed by atoms with Crippen molar-refractivity contribution in [3.05, 3.63) is 63.6 Å². The summed E-state index contributed by atoms with van der Waals surface area (Å²) in [7, 11) is 0. The number of hydrogen-bond donors (Lipinski definition) is 1. The number of anilines is 1. The topological polar surface area (TPSA) is 12.0 Å². The van der Waals surface area contributed by atoms with Gasteiger partial charge >= 0.3 is 0 Å². The van der Waals surface area contributed by atoms with Crippen LogP contribution in [0.15, 0.2) is 46.9 Å². The number of hydrogen-bond acceptors (Lipinski definition) is 1. The van der Waals surface area contributed by atoms with Crippen LogP contribution in [0.5, 0.6) is 0 Å². The Labute approximate surface area is 130 Å². The van der Waals surface area contributed by atoms with Crippen molar-refractivity contribution >= 4 is 21.6 Å². The summed E-state index contributed by atoms with van der Waals surface area (Å²) in [5.74, 6) is 0. The third kappa shape index (κ3) is 3.63. The lowest BCUT2D eigenvalue weighted by Crippen LogP contribution is -2.10. The highest BCUT2D eigenvalue weighted by Gasteiger charge is 2.10. The van der Waals surface area contributed by atoms with Crippen molar-refractivity contribution in [2.75, 3.05) is 5.32 Å². The van der Waals surface area contributed by atoms with Crippen LogP contribution < -0.4 is 5.32 Å². The molecule has 1 N–H and O–H groups in total. The minimum absolute atomic E-state index is 0.347. The van der Waals surface area contributed by atoms with E-state index < -0.39 is 0 Å². The van der Waals surface area contributed by atoms with Crippen LogP contribution >= 0.6 is 15.9 Å². The molecule has 1 nitrogen and oxygen atoms in total. The molecule has 0 saturated heterocycles. The van der Waals surface area contributed by atoms with Gasteiger partial charge in [-0.1, -0.05) is 44.2 Å². The van der Waals surface area contributed by atoms with Gasteiger partial charge in [-0.05, 0) is 64.5 Å². The Kier molecular flexibility index (Phi) is 5.24. The molecule has 2 heteroatoms. The third-order valence-electron chi connectivity index (χ3n) is 3.65. The van der Waals surface area contributed by atoms with Gasteiger partial charge in [0.1, 0.15) is 0 Å². The molecule has 0 aliphatic rings. The summed E-state index contributed by atoms with van der Waals surface area (Å²) in [6, 6.07) is 15.7. The Hall–Kier alpha value is -1.28. The van der Waals surface area contributed by atoms with Crippen LogP contribution in [-0.4, -0.2) is 0 Å². The van der Waals surface area contributed by atoms with Crippen molar-refractivity contribution in [1.29, 1.82) is 0 Å². The first kappa shape index (κ1) is 15.1. The van der Waals surface area contributed by atoms with E-state index in [1.165, 1.54) is 16.7 Å². The minimum atomic E-state index is 0.347. The van der Waals surface area contributed by atoms with E-state index in [1.54, 1.807) is 0 Å². The van der Waals surface area contributed by atoms with E-state index in [1.807, 2.05) is 0 Å². The monoisotopic (exact) mass is 331 g/mol. The second kappa shape index (κ2) is 6.94. The molecule has 0 bridgehead atoms. The zero-order valence-electron chi connectivity index (χ0n) is 12.4. The number of aryl methyl sites for hydroxylation is 2. The largest absolute Gasteiger partial charge is 0.377 e. The van der Waals surface area contributed by atoms with Crippen molar-refractivity contribution < 1.29 is 0 Å². The van der Waals surface area contributed by atoms with Gasteiger partial charge < -0.3 is 5.32 Å². The number of halogens is 1. The van der Waals surface area contributed by atoms with Crippen LogP contribution in [0.25, 0.3) is 0 Å². The van der Waals surface area contributed by atoms with Gasteiger partial charge in [-0.2, -0.15) is 0 Å². The van der Waals surface area contributed by atoms with E-state index in [9.17, 15) is 0 Å². The summed E-state index contributed by atoms with van der Waals surface area (Å²) in [5, 5.41) is 3.63. The summed E-state index contributed by atoms with van der Waals surface area (Å²) < 4.78 is 1.13. The van der Waals surface area contributed by atoms with Crippen LogP contribution in [0.4, 0.5) is 5.69 Å². The van der Waals surface area contributed by atoms with Crippen molar-refractivity contribution in [1.82, 2.24) is 0 Å². The molecule has 0 spiro atoms. The second-order valence-corrected chi connectivity index (χ2v) is 6.04. The normalized spacial score (nSPS) is 12.2. The van der Waals surface area contributed by atoms with Crippen LogP contribution in [-0.2, 0) is 6.42 Å². The van der Waals surface area contributed by atoms with Crippen LogP contribution in [0.2, 0.25) is 0 Å². The maximum Gasteiger partial charge on any atom is 0.0511 e. The lowest BCUT2D eigenvalue weighted by atomic mass is 10.0.